The SMILES string of the molecule is Cc1cc(C2=C(OCC3CCCCCC3)NC=C(CCC(C)C(F)(F)F)C2)c2ccnc-2n1O. The van der Waals surface area contributed by atoms with Crippen LogP contribution in [0.15, 0.2) is 36.0 Å². The first kappa shape index (κ1) is 24.5. The molecular formula is C26H34F3N3O2. The number of dihydropyridines is 1. The summed E-state index contributed by atoms with van der Waals surface area (Å²) in [6.07, 6.45) is 7.46. The number of fused-ring (bicyclic) bond motifs is 1. The molecule has 4 rings (SSSR count). The number of aryl methyl sites for hydroxylation is 1. The highest BCUT2D eigenvalue weighted by atomic mass is 19.4. The first-order valence-corrected chi connectivity index (χ1v) is 12.3. The van der Waals surface area contributed by atoms with Gasteiger partial charge in [-0.05, 0) is 61.8 Å². The molecule has 0 spiro atoms. The van der Waals surface area contributed by atoms with Gasteiger partial charge in [0, 0.05) is 30.0 Å². The molecule has 0 saturated heterocycles. The number of hydrogen-bond donors (Lipinski definition) is 2. The molecule has 1 aliphatic carbocycles. The second-order valence-electron chi connectivity index (χ2n) is 9.77. The highest BCUT2D eigenvalue weighted by Gasteiger charge is 2.35. The first-order valence-electron chi connectivity index (χ1n) is 12.3. The Morgan fingerprint density at radius 3 is 2.65 bits per heavy atom. The summed E-state index contributed by atoms with van der Waals surface area (Å²) in [5.41, 5.74) is 4.09. The van der Waals surface area contributed by atoms with Gasteiger partial charge in [-0.1, -0.05) is 32.6 Å². The normalized spacial score (nSPS) is 19.0. The molecule has 3 aliphatic heterocycles. The molecule has 0 bridgehead atoms. The monoisotopic (exact) mass is 477 g/mol. The molecule has 0 aromatic carbocycles. The van der Waals surface area contributed by atoms with E-state index in [2.05, 4.69) is 10.3 Å². The second kappa shape index (κ2) is 10.3. The van der Waals surface area contributed by atoms with Crippen molar-refractivity contribution in [1.82, 2.24) is 15.0 Å². The number of halogens is 3. The Morgan fingerprint density at radius 2 is 1.94 bits per heavy atom. The summed E-state index contributed by atoms with van der Waals surface area (Å²) in [6.45, 7) is 3.64. The van der Waals surface area contributed by atoms with E-state index in [-0.39, 0.29) is 6.42 Å². The van der Waals surface area contributed by atoms with Gasteiger partial charge in [-0.3, -0.25) is 0 Å². The number of alkyl halides is 3. The van der Waals surface area contributed by atoms with Gasteiger partial charge in [-0.2, -0.15) is 17.9 Å². The number of pyridine rings is 1. The molecule has 3 heterocycles. The number of aromatic nitrogens is 2. The van der Waals surface area contributed by atoms with Gasteiger partial charge in [0.05, 0.1) is 18.2 Å². The van der Waals surface area contributed by atoms with E-state index in [4.69, 9.17) is 4.74 Å². The quantitative estimate of drug-likeness (QED) is 0.332. The van der Waals surface area contributed by atoms with E-state index < -0.39 is 12.1 Å². The van der Waals surface area contributed by atoms with Crippen molar-refractivity contribution in [1.29, 1.82) is 0 Å². The molecule has 0 aromatic heterocycles. The average molecular weight is 478 g/mol. The molecule has 0 radical (unpaired) electrons. The molecule has 0 aromatic rings. The fourth-order valence-electron chi connectivity index (χ4n) is 4.89. The van der Waals surface area contributed by atoms with Gasteiger partial charge in [0.2, 0.25) is 0 Å². The van der Waals surface area contributed by atoms with Crippen molar-refractivity contribution in [3.05, 3.63) is 47.2 Å². The lowest BCUT2D eigenvalue weighted by atomic mass is 9.90. The van der Waals surface area contributed by atoms with E-state index in [9.17, 15) is 18.4 Å². The fourth-order valence-corrected chi connectivity index (χ4v) is 4.89. The van der Waals surface area contributed by atoms with Crippen molar-refractivity contribution < 1.29 is 23.1 Å². The van der Waals surface area contributed by atoms with Crippen LogP contribution in [0.4, 0.5) is 13.2 Å². The molecule has 2 N–H and O–H groups in total. The van der Waals surface area contributed by atoms with Crippen molar-refractivity contribution in [3.63, 3.8) is 0 Å². The summed E-state index contributed by atoms with van der Waals surface area (Å²) in [4.78, 5) is 4.28. The van der Waals surface area contributed by atoms with Gasteiger partial charge in [-0.25, -0.2) is 4.98 Å². The van der Waals surface area contributed by atoms with E-state index >= 15 is 0 Å². The van der Waals surface area contributed by atoms with E-state index in [0.717, 1.165) is 39.8 Å². The highest BCUT2D eigenvalue weighted by molar-refractivity contribution is 5.82. The molecular weight excluding hydrogens is 443 g/mol. The van der Waals surface area contributed by atoms with Crippen LogP contribution in [0.2, 0.25) is 0 Å². The Morgan fingerprint density at radius 1 is 1.21 bits per heavy atom. The van der Waals surface area contributed by atoms with E-state index in [1.165, 1.54) is 32.6 Å². The van der Waals surface area contributed by atoms with Crippen LogP contribution in [-0.2, 0) is 4.74 Å². The highest BCUT2D eigenvalue weighted by Crippen LogP contribution is 2.39. The van der Waals surface area contributed by atoms with Crippen LogP contribution in [-0.4, -0.2) is 27.7 Å². The van der Waals surface area contributed by atoms with E-state index in [0.29, 0.717) is 42.8 Å². The van der Waals surface area contributed by atoms with Crippen molar-refractivity contribution in [2.75, 3.05) is 6.61 Å². The Bertz CT molecular complexity index is 1020. The number of nitrogens with zero attached hydrogens (tertiary/aromatic N) is 2. The second-order valence-corrected chi connectivity index (χ2v) is 9.77. The third kappa shape index (κ3) is 5.53. The summed E-state index contributed by atoms with van der Waals surface area (Å²) in [7, 11) is 0. The lowest BCUT2D eigenvalue weighted by Gasteiger charge is -2.26. The largest absolute Gasteiger partial charge is 0.478 e. The third-order valence-electron chi connectivity index (χ3n) is 7.16. The number of nitrogens with one attached hydrogen (secondary N) is 1. The van der Waals surface area contributed by atoms with Crippen LogP contribution in [0.5, 0.6) is 0 Å². The molecule has 0 amide bonds. The number of hydrogen-bond acceptors (Lipinski definition) is 4. The van der Waals surface area contributed by atoms with Crippen molar-refractivity contribution >= 4 is 5.57 Å². The predicted octanol–water partition coefficient (Wildman–Crippen LogP) is 7.05. The number of rotatable bonds is 7. The Kier molecular flexibility index (Phi) is 7.43. The zero-order valence-corrected chi connectivity index (χ0v) is 19.9. The molecule has 1 unspecified atom stereocenters. The first-order chi connectivity index (χ1) is 16.2. The van der Waals surface area contributed by atoms with Crippen molar-refractivity contribution in [2.45, 2.75) is 77.8 Å². The van der Waals surface area contributed by atoms with E-state index in [1.54, 1.807) is 19.3 Å². The third-order valence-corrected chi connectivity index (χ3v) is 7.16. The summed E-state index contributed by atoms with van der Waals surface area (Å²) in [5, 5.41) is 13.6. The molecule has 1 saturated carbocycles. The van der Waals surface area contributed by atoms with Gasteiger partial charge in [0.1, 0.15) is 0 Å². The minimum atomic E-state index is -4.19. The average Bonchev–Trinajstić information content (AvgIpc) is 3.15. The maximum atomic E-state index is 13.0. The minimum Gasteiger partial charge on any atom is -0.478 e. The van der Waals surface area contributed by atoms with Gasteiger partial charge >= 0.3 is 6.18 Å². The number of ether oxygens (including phenoxy) is 1. The Hall–Kier alpha value is -2.64. The van der Waals surface area contributed by atoms with Gasteiger partial charge in [0.25, 0.3) is 0 Å². The molecule has 186 valence electrons. The Balaban J connectivity index is 1.59. The molecule has 34 heavy (non-hydrogen) atoms. The van der Waals surface area contributed by atoms with Crippen LogP contribution in [0, 0.1) is 18.8 Å². The van der Waals surface area contributed by atoms with Crippen molar-refractivity contribution in [2.24, 2.45) is 11.8 Å². The zero-order chi connectivity index (χ0) is 24.3. The lowest BCUT2D eigenvalue weighted by Crippen LogP contribution is -2.22. The van der Waals surface area contributed by atoms with Gasteiger partial charge < -0.3 is 15.3 Å². The molecule has 8 heteroatoms. The summed E-state index contributed by atoms with van der Waals surface area (Å²) >= 11 is 0. The minimum absolute atomic E-state index is 0.0420. The maximum Gasteiger partial charge on any atom is 0.391 e. The summed E-state index contributed by atoms with van der Waals surface area (Å²) < 4.78 is 46.5. The van der Waals surface area contributed by atoms with Crippen molar-refractivity contribution in [3.8, 4) is 11.4 Å². The van der Waals surface area contributed by atoms with Gasteiger partial charge in [0.15, 0.2) is 11.7 Å². The fraction of sp³-hybridized carbons (Fsp3) is 0.577. The lowest BCUT2D eigenvalue weighted by molar-refractivity contribution is -0.170. The van der Waals surface area contributed by atoms with Crippen LogP contribution >= 0.6 is 0 Å². The molecule has 4 aliphatic rings. The van der Waals surface area contributed by atoms with Gasteiger partial charge in [-0.15, -0.1) is 0 Å². The summed E-state index contributed by atoms with van der Waals surface area (Å²) in [6, 6.07) is 3.73. The van der Waals surface area contributed by atoms with Crippen LogP contribution in [0.25, 0.3) is 17.0 Å². The zero-order valence-electron chi connectivity index (χ0n) is 19.9. The predicted molar refractivity (Wildman–Crippen MR) is 125 cm³/mol. The molecule has 1 atom stereocenters. The topological polar surface area (TPSA) is 59.3 Å². The maximum absolute atomic E-state index is 13.0. The van der Waals surface area contributed by atoms with E-state index in [1.807, 2.05) is 12.1 Å². The van der Waals surface area contributed by atoms with Crippen LogP contribution < -0.4 is 5.32 Å². The van der Waals surface area contributed by atoms with Crippen LogP contribution in [0.1, 0.15) is 76.0 Å². The molecule has 5 nitrogen and oxygen atoms in total. The Labute approximate surface area is 199 Å². The standard InChI is InChI=1S/C26H34F3N3O2/c1-17(26(27,28)29)9-10-20-14-23(22-13-18(2)32(33)24-21(22)11-12-30-24)25(31-15-20)34-16-19-7-5-3-4-6-8-19/h11-13,15,17,19,31,33H,3-10,14,16H2,1-2H3. The van der Waals surface area contributed by atoms with Crippen LogP contribution in [0.3, 0.4) is 0 Å². The molecule has 1 fully saturated rings. The summed E-state index contributed by atoms with van der Waals surface area (Å²) in [5.74, 6) is 0.252. The number of allylic oxidation sites excluding steroid dienone is 2. The smallest absolute Gasteiger partial charge is 0.391 e.